The van der Waals surface area contributed by atoms with Crippen LogP contribution in [0.1, 0.15) is 26.3 Å². The number of nitrogens with one attached hydrogen (secondary N) is 1. The summed E-state index contributed by atoms with van der Waals surface area (Å²) < 4.78 is 0. The molecule has 2 aromatic rings. The van der Waals surface area contributed by atoms with Gasteiger partial charge >= 0.3 is 0 Å². The van der Waals surface area contributed by atoms with E-state index in [4.69, 9.17) is 0 Å². The number of likely N-dealkylation sites (N-methyl/N-ethyl adjacent to an activating group) is 1. The van der Waals surface area contributed by atoms with E-state index in [1.807, 2.05) is 18.2 Å². The highest BCUT2D eigenvalue weighted by Gasteiger charge is 2.08. The molecule has 0 aliphatic carbocycles. The van der Waals surface area contributed by atoms with Crippen molar-refractivity contribution in [3.63, 3.8) is 0 Å². The zero-order chi connectivity index (χ0) is 15.8. The Morgan fingerprint density at radius 3 is 2.36 bits per heavy atom. The molecule has 1 aromatic heterocycles. The number of aryl methyl sites for hydroxylation is 1. The molecule has 1 N–H and O–H groups in total. The van der Waals surface area contributed by atoms with Gasteiger partial charge in [-0.3, -0.25) is 0 Å². The van der Waals surface area contributed by atoms with Crippen molar-refractivity contribution in [2.75, 3.05) is 31.5 Å². The topological polar surface area (TPSA) is 41.0 Å². The van der Waals surface area contributed by atoms with Crippen molar-refractivity contribution in [3.05, 3.63) is 42.0 Å². The number of aromatic nitrogens is 2. The number of nitrogens with zero attached hydrogens (tertiary/aromatic N) is 3. The smallest absolute Gasteiger partial charge is 0.149 e. The molecule has 0 amide bonds. The van der Waals surface area contributed by atoms with Crippen LogP contribution in [-0.4, -0.2) is 41.3 Å². The molecule has 0 fully saturated rings. The van der Waals surface area contributed by atoms with Crippen LogP contribution in [0.25, 0.3) is 11.3 Å². The lowest BCUT2D eigenvalue weighted by atomic mass is 10.0. The van der Waals surface area contributed by atoms with Gasteiger partial charge in [-0.2, -0.15) is 0 Å². The van der Waals surface area contributed by atoms with E-state index in [0.717, 1.165) is 49.7 Å². The van der Waals surface area contributed by atoms with Crippen LogP contribution in [0, 0.1) is 0 Å². The van der Waals surface area contributed by atoms with Gasteiger partial charge in [-0.15, -0.1) is 10.2 Å². The summed E-state index contributed by atoms with van der Waals surface area (Å²) >= 11 is 0. The van der Waals surface area contributed by atoms with Crippen LogP contribution in [0.3, 0.4) is 0 Å². The van der Waals surface area contributed by atoms with Crippen LogP contribution in [0.4, 0.5) is 5.82 Å². The fourth-order valence-corrected chi connectivity index (χ4v) is 2.51. The first-order chi connectivity index (χ1) is 10.8. The third-order valence-electron chi connectivity index (χ3n) is 3.93. The zero-order valence-corrected chi connectivity index (χ0v) is 13.8. The lowest BCUT2D eigenvalue weighted by Gasteiger charge is -2.18. The Bertz CT molecular complexity index is 565. The molecule has 0 bridgehead atoms. The molecule has 22 heavy (non-hydrogen) atoms. The van der Waals surface area contributed by atoms with Gasteiger partial charge in [0.25, 0.3) is 0 Å². The molecule has 1 heterocycles. The van der Waals surface area contributed by atoms with Gasteiger partial charge in [-0.25, -0.2) is 0 Å². The van der Waals surface area contributed by atoms with Crippen molar-refractivity contribution < 1.29 is 0 Å². The predicted molar refractivity (Wildman–Crippen MR) is 93.1 cm³/mol. The second-order valence-corrected chi connectivity index (χ2v) is 5.28. The Morgan fingerprint density at radius 1 is 1.00 bits per heavy atom. The van der Waals surface area contributed by atoms with Gasteiger partial charge in [0.1, 0.15) is 5.82 Å². The molecule has 118 valence electrons. The van der Waals surface area contributed by atoms with Crippen molar-refractivity contribution in [2.45, 2.75) is 27.2 Å². The average molecular weight is 298 g/mol. The van der Waals surface area contributed by atoms with E-state index in [0.29, 0.717) is 0 Å². The monoisotopic (exact) mass is 298 g/mol. The summed E-state index contributed by atoms with van der Waals surface area (Å²) in [5.74, 6) is 0.865. The summed E-state index contributed by atoms with van der Waals surface area (Å²) in [5, 5.41) is 12.1. The van der Waals surface area contributed by atoms with Crippen molar-refractivity contribution in [3.8, 4) is 11.3 Å². The predicted octanol–water partition coefficient (Wildman–Crippen LogP) is 3.46. The van der Waals surface area contributed by atoms with Crippen LogP contribution in [0.5, 0.6) is 0 Å². The molecule has 0 aliphatic heterocycles. The van der Waals surface area contributed by atoms with E-state index in [1.54, 1.807) is 0 Å². The second kappa shape index (κ2) is 8.49. The maximum Gasteiger partial charge on any atom is 0.149 e. The molecular weight excluding hydrogens is 272 g/mol. The number of rotatable bonds is 8. The molecule has 4 heteroatoms. The molecule has 0 saturated heterocycles. The molecule has 0 saturated carbocycles. The molecule has 4 nitrogen and oxygen atoms in total. The third kappa shape index (κ3) is 4.28. The van der Waals surface area contributed by atoms with Crippen molar-refractivity contribution in [1.82, 2.24) is 15.1 Å². The Hall–Kier alpha value is -1.94. The lowest BCUT2D eigenvalue weighted by Crippen LogP contribution is -2.28. The molecule has 0 unspecified atom stereocenters. The van der Waals surface area contributed by atoms with Gasteiger partial charge in [0.05, 0.1) is 5.69 Å². The Kier molecular flexibility index (Phi) is 6.34. The molecule has 0 radical (unpaired) electrons. The minimum Gasteiger partial charge on any atom is -0.367 e. The second-order valence-electron chi connectivity index (χ2n) is 5.28. The summed E-state index contributed by atoms with van der Waals surface area (Å²) in [7, 11) is 0. The van der Waals surface area contributed by atoms with E-state index >= 15 is 0 Å². The highest BCUT2D eigenvalue weighted by atomic mass is 15.2. The number of anilines is 1. The Labute approximate surface area is 133 Å². The van der Waals surface area contributed by atoms with Gasteiger partial charge in [0, 0.05) is 18.7 Å². The normalized spacial score (nSPS) is 10.9. The third-order valence-corrected chi connectivity index (χ3v) is 3.93. The quantitative estimate of drug-likeness (QED) is 0.810. The molecule has 0 atom stereocenters. The van der Waals surface area contributed by atoms with Crippen LogP contribution in [0.2, 0.25) is 0 Å². The van der Waals surface area contributed by atoms with Crippen LogP contribution in [0.15, 0.2) is 36.4 Å². The molecule has 0 spiro atoms. The van der Waals surface area contributed by atoms with Crippen LogP contribution >= 0.6 is 0 Å². The fourth-order valence-electron chi connectivity index (χ4n) is 2.51. The minimum atomic E-state index is 0.865. The van der Waals surface area contributed by atoms with Crippen molar-refractivity contribution in [2.24, 2.45) is 0 Å². The van der Waals surface area contributed by atoms with E-state index in [1.165, 1.54) is 5.56 Å². The zero-order valence-electron chi connectivity index (χ0n) is 13.8. The fraction of sp³-hybridized carbons (Fsp3) is 0.444. The summed E-state index contributed by atoms with van der Waals surface area (Å²) in [4.78, 5) is 2.39. The minimum absolute atomic E-state index is 0.865. The van der Waals surface area contributed by atoms with Crippen LogP contribution < -0.4 is 5.32 Å². The number of benzene rings is 1. The van der Waals surface area contributed by atoms with Crippen molar-refractivity contribution >= 4 is 5.82 Å². The lowest BCUT2D eigenvalue weighted by molar-refractivity contribution is 0.316. The van der Waals surface area contributed by atoms with Gasteiger partial charge in [0.2, 0.25) is 0 Å². The number of hydrogen-bond donors (Lipinski definition) is 1. The molecule has 1 aromatic carbocycles. The summed E-state index contributed by atoms with van der Waals surface area (Å²) in [5.41, 5.74) is 3.34. The maximum absolute atomic E-state index is 4.43. The first-order valence-corrected chi connectivity index (χ1v) is 8.16. The van der Waals surface area contributed by atoms with Gasteiger partial charge in [-0.05, 0) is 31.1 Å². The largest absolute Gasteiger partial charge is 0.367 e. The average Bonchev–Trinajstić information content (AvgIpc) is 2.59. The Morgan fingerprint density at radius 2 is 1.73 bits per heavy atom. The van der Waals surface area contributed by atoms with Gasteiger partial charge < -0.3 is 10.2 Å². The SMILES string of the molecule is CCc1cc(NCCN(CC)CC)nnc1-c1ccccc1. The maximum atomic E-state index is 4.43. The summed E-state index contributed by atoms with van der Waals surface area (Å²) in [6.45, 7) is 10.6. The molecule has 0 aliphatic rings. The van der Waals surface area contributed by atoms with E-state index < -0.39 is 0 Å². The van der Waals surface area contributed by atoms with Gasteiger partial charge in [-0.1, -0.05) is 51.1 Å². The summed E-state index contributed by atoms with van der Waals surface area (Å²) in [6.07, 6.45) is 0.949. The van der Waals surface area contributed by atoms with Crippen LogP contribution in [-0.2, 0) is 6.42 Å². The van der Waals surface area contributed by atoms with E-state index in [9.17, 15) is 0 Å². The van der Waals surface area contributed by atoms with E-state index in [-0.39, 0.29) is 0 Å². The summed E-state index contributed by atoms with van der Waals surface area (Å²) in [6, 6.07) is 12.4. The first-order valence-electron chi connectivity index (χ1n) is 8.16. The molecular formula is C18H26N4. The van der Waals surface area contributed by atoms with Crippen molar-refractivity contribution in [1.29, 1.82) is 0 Å². The standard InChI is InChI=1S/C18H26N4/c1-4-15-14-17(19-12-13-22(5-2)6-3)20-21-18(15)16-10-8-7-9-11-16/h7-11,14H,4-6,12-13H2,1-3H3,(H,19,20). The first kappa shape index (κ1) is 16.4. The molecule has 2 rings (SSSR count). The highest BCUT2D eigenvalue weighted by Crippen LogP contribution is 2.22. The Balaban J connectivity index is 2.06. The van der Waals surface area contributed by atoms with Gasteiger partial charge in [0.15, 0.2) is 0 Å². The highest BCUT2D eigenvalue weighted by molar-refractivity contribution is 5.63. The number of hydrogen-bond acceptors (Lipinski definition) is 4. The van der Waals surface area contributed by atoms with E-state index in [2.05, 4.69) is 59.4 Å².